The van der Waals surface area contributed by atoms with E-state index in [1.807, 2.05) is 18.2 Å². The number of pyridine rings is 1. The van der Waals surface area contributed by atoms with E-state index in [0.717, 1.165) is 10.0 Å². The zero-order valence-corrected chi connectivity index (χ0v) is 20.3. The number of halogens is 1. The Bertz CT molecular complexity index is 1190. The van der Waals surface area contributed by atoms with Gasteiger partial charge in [-0.3, -0.25) is 9.52 Å². The Morgan fingerprint density at radius 1 is 1.06 bits per heavy atom. The third-order valence-corrected chi connectivity index (χ3v) is 6.50. The topological polar surface area (TPSA) is 97.4 Å². The van der Waals surface area contributed by atoms with Gasteiger partial charge in [0.15, 0.2) is 6.61 Å². The number of anilines is 2. The lowest BCUT2D eigenvalue weighted by Gasteiger charge is -2.20. The molecule has 3 rings (SSSR count). The highest BCUT2D eigenvalue weighted by atomic mass is 79.9. The maximum atomic E-state index is 12.4. The molecule has 1 amide bonds. The van der Waals surface area contributed by atoms with Crippen molar-refractivity contribution >= 4 is 43.4 Å². The molecule has 0 aliphatic rings. The van der Waals surface area contributed by atoms with Gasteiger partial charge >= 0.3 is 0 Å². The van der Waals surface area contributed by atoms with Gasteiger partial charge in [0.25, 0.3) is 15.9 Å². The quantitative estimate of drug-likeness (QED) is 0.461. The minimum atomic E-state index is -3.78. The number of nitrogens with one attached hydrogen (secondary N) is 2. The van der Waals surface area contributed by atoms with Crippen LogP contribution in [0.25, 0.3) is 0 Å². The molecule has 2 aromatic carbocycles. The van der Waals surface area contributed by atoms with Gasteiger partial charge in [0, 0.05) is 11.9 Å². The van der Waals surface area contributed by atoms with Crippen molar-refractivity contribution in [2.75, 3.05) is 16.6 Å². The molecule has 2 N–H and O–H groups in total. The van der Waals surface area contributed by atoms with Crippen molar-refractivity contribution in [3.63, 3.8) is 0 Å². The van der Waals surface area contributed by atoms with E-state index in [-0.39, 0.29) is 28.6 Å². The third kappa shape index (κ3) is 6.30. The van der Waals surface area contributed by atoms with Crippen molar-refractivity contribution in [3.8, 4) is 5.75 Å². The molecular weight excluding hydrogens is 494 g/mol. The zero-order valence-electron chi connectivity index (χ0n) is 17.9. The molecule has 0 fully saturated rings. The summed E-state index contributed by atoms with van der Waals surface area (Å²) < 4.78 is 33.7. The number of hydrogen-bond donors (Lipinski definition) is 2. The first-order valence-electron chi connectivity index (χ1n) is 9.81. The zero-order chi connectivity index (χ0) is 23.4. The van der Waals surface area contributed by atoms with E-state index in [1.54, 1.807) is 18.2 Å². The van der Waals surface area contributed by atoms with Crippen molar-refractivity contribution < 1.29 is 17.9 Å². The second kappa shape index (κ2) is 9.70. The number of nitrogens with zero attached hydrogens (tertiary/aromatic N) is 1. The molecule has 32 heavy (non-hydrogen) atoms. The van der Waals surface area contributed by atoms with E-state index in [0.29, 0.717) is 11.4 Å². The summed E-state index contributed by atoms with van der Waals surface area (Å²) in [5.74, 6) is 0.429. The Kier molecular flexibility index (Phi) is 7.20. The van der Waals surface area contributed by atoms with Gasteiger partial charge in [-0.25, -0.2) is 13.4 Å². The van der Waals surface area contributed by atoms with E-state index in [9.17, 15) is 13.2 Å². The number of benzene rings is 2. The maximum absolute atomic E-state index is 12.4. The number of aromatic nitrogens is 1. The number of hydrogen-bond acceptors (Lipinski definition) is 5. The molecule has 0 bridgehead atoms. The van der Waals surface area contributed by atoms with Gasteiger partial charge in [0.05, 0.1) is 9.37 Å². The molecule has 0 atom stereocenters. The van der Waals surface area contributed by atoms with Crippen molar-refractivity contribution in [3.05, 3.63) is 76.9 Å². The minimum Gasteiger partial charge on any atom is -0.483 e. The number of carbonyl (C=O) groups is 1. The lowest BCUT2D eigenvalue weighted by molar-refractivity contribution is -0.118. The number of rotatable bonds is 7. The Labute approximate surface area is 196 Å². The first-order valence-corrected chi connectivity index (χ1v) is 12.1. The van der Waals surface area contributed by atoms with Crippen LogP contribution in [-0.4, -0.2) is 25.9 Å². The van der Waals surface area contributed by atoms with Crippen molar-refractivity contribution in [1.29, 1.82) is 0 Å². The minimum absolute atomic E-state index is 0.00515. The van der Waals surface area contributed by atoms with Crippen LogP contribution >= 0.6 is 15.9 Å². The SMILES string of the molecule is CC(C)(C)c1ccc(OCC(=O)Nc2ccc(S(=O)(=O)Nc3ccccn3)cc2)c(Br)c1. The molecule has 9 heteroatoms. The smallest absolute Gasteiger partial charge is 0.263 e. The fourth-order valence-electron chi connectivity index (χ4n) is 2.76. The average molecular weight is 518 g/mol. The molecule has 0 saturated heterocycles. The lowest BCUT2D eigenvalue weighted by Crippen LogP contribution is -2.20. The fourth-order valence-corrected chi connectivity index (χ4v) is 4.26. The molecule has 3 aromatic rings. The summed E-state index contributed by atoms with van der Waals surface area (Å²) in [5, 5.41) is 2.69. The monoisotopic (exact) mass is 517 g/mol. The Hall–Kier alpha value is -2.91. The molecule has 0 saturated carbocycles. The summed E-state index contributed by atoms with van der Waals surface area (Å²) >= 11 is 3.48. The fraction of sp³-hybridized carbons (Fsp3) is 0.217. The number of carbonyl (C=O) groups excluding carboxylic acids is 1. The van der Waals surface area contributed by atoms with Gasteiger partial charge in [0.2, 0.25) is 0 Å². The highest BCUT2D eigenvalue weighted by Crippen LogP contribution is 2.31. The van der Waals surface area contributed by atoms with Gasteiger partial charge in [-0.2, -0.15) is 0 Å². The summed E-state index contributed by atoms with van der Waals surface area (Å²) in [6, 6.07) is 16.5. The highest BCUT2D eigenvalue weighted by molar-refractivity contribution is 9.10. The van der Waals surface area contributed by atoms with Crippen LogP contribution in [0.5, 0.6) is 5.75 Å². The van der Waals surface area contributed by atoms with Crippen LogP contribution in [0.3, 0.4) is 0 Å². The summed E-state index contributed by atoms with van der Waals surface area (Å²) in [5.41, 5.74) is 1.61. The Balaban J connectivity index is 1.58. The number of ether oxygens (including phenoxy) is 1. The summed E-state index contributed by atoms with van der Waals surface area (Å²) in [7, 11) is -3.78. The van der Waals surface area contributed by atoms with E-state index < -0.39 is 10.0 Å². The normalized spacial score (nSPS) is 11.6. The van der Waals surface area contributed by atoms with Crippen LogP contribution in [0.4, 0.5) is 11.5 Å². The third-order valence-electron chi connectivity index (χ3n) is 4.51. The Morgan fingerprint density at radius 3 is 2.38 bits per heavy atom. The molecule has 0 aliphatic heterocycles. The molecular formula is C23H24BrN3O4S. The predicted molar refractivity (Wildman–Crippen MR) is 128 cm³/mol. The molecule has 1 heterocycles. The molecule has 0 spiro atoms. The van der Waals surface area contributed by atoms with Crippen LogP contribution in [0.1, 0.15) is 26.3 Å². The van der Waals surface area contributed by atoms with Crippen LogP contribution in [0, 0.1) is 0 Å². The van der Waals surface area contributed by atoms with Gasteiger partial charge in [-0.05, 0) is 75.4 Å². The van der Waals surface area contributed by atoms with Crippen LogP contribution in [-0.2, 0) is 20.2 Å². The van der Waals surface area contributed by atoms with Gasteiger partial charge in [0.1, 0.15) is 11.6 Å². The lowest BCUT2D eigenvalue weighted by atomic mass is 9.87. The number of sulfonamides is 1. The molecule has 1 aromatic heterocycles. The van der Waals surface area contributed by atoms with Crippen molar-refractivity contribution in [1.82, 2.24) is 4.98 Å². The Morgan fingerprint density at radius 2 is 1.78 bits per heavy atom. The van der Waals surface area contributed by atoms with Crippen LogP contribution < -0.4 is 14.8 Å². The summed E-state index contributed by atoms with van der Waals surface area (Å²) in [6.45, 7) is 6.17. The van der Waals surface area contributed by atoms with Crippen molar-refractivity contribution in [2.45, 2.75) is 31.1 Å². The van der Waals surface area contributed by atoms with E-state index in [1.165, 1.54) is 30.5 Å². The number of amides is 1. The van der Waals surface area contributed by atoms with Gasteiger partial charge < -0.3 is 10.1 Å². The predicted octanol–water partition coefficient (Wildman–Crippen LogP) is 4.96. The van der Waals surface area contributed by atoms with E-state index in [4.69, 9.17) is 4.74 Å². The highest BCUT2D eigenvalue weighted by Gasteiger charge is 2.17. The molecule has 0 unspecified atom stereocenters. The van der Waals surface area contributed by atoms with Crippen LogP contribution in [0.2, 0.25) is 0 Å². The van der Waals surface area contributed by atoms with E-state index in [2.05, 4.69) is 51.7 Å². The van der Waals surface area contributed by atoms with Gasteiger partial charge in [-0.15, -0.1) is 0 Å². The second-order valence-electron chi connectivity index (χ2n) is 8.08. The second-order valence-corrected chi connectivity index (χ2v) is 10.6. The largest absolute Gasteiger partial charge is 0.483 e. The van der Waals surface area contributed by atoms with Gasteiger partial charge in [-0.1, -0.05) is 32.9 Å². The molecule has 168 valence electrons. The standard InChI is InChI=1S/C23H24BrN3O4S/c1-23(2,3)16-7-12-20(19(24)14-16)31-15-22(28)26-17-8-10-18(11-9-17)32(29,30)27-21-6-4-5-13-25-21/h4-14H,15H2,1-3H3,(H,25,27)(H,26,28). The van der Waals surface area contributed by atoms with E-state index >= 15 is 0 Å². The van der Waals surface area contributed by atoms with Crippen molar-refractivity contribution in [2.24, 2.45) is 0 Å². The molecule has 0 aliphatic carbocycles. The first-order chi connectivity index (χ1) is 15.0. The maximum Gasteiger partial charge on any atom is 0.263 e. The van der Waals surface area contributed by atoms with Crippen LogP contribution in [0.15, 0.2) is 76.2 Å². The molecule has 0 radical (unpaired) electrons. The first kappa shape index (κ1) is 23.7. The summed E-state index contributed by atoms with van der Waals surface area (Å²) in [4.78, 5) is 16.3. The average Bonchev–Trinajstić information content (AvgIpc) is 2.73. The summed E-state index contributed by atoms with van der Waals surface area (Å²) in [6.07, 6.45) is 1.50. The molecule has 7 nitrogen and oxygen atoms in total.